The average Bonchev–Trinajstić information content (AvgIpc) is 3.94. The van der Waals surface area contributed by atoms with E-state index in [4.69, 9.17) is 15.0 Å². The van der Waals surface area contributed by atoms with E-state index in [-0.39, 0.29) is 10.8 Å². The molecule has 0 saturated carbocycles. The van der Waals surface area contributed by atoms with E-state index in [1.54, 1.807) is 35.3 Å². The van der Waals surface area contributed by atoms with Crippen LogP contribution in [-0.2, 0) is 17.3 Å². The van der Waals surface area contributed by atoms with Gasteiger partial charge in [-0.3, -0.25) is 9.97 Å². The lowest BCUT2D eigenvalue weighted by Crippen LogP contribution is -2.30. The maximum Gasteiger partial charge on any atom is 0.451 e. The summed E-state index contributed by atoms with van der Waals surface area (Å²) in [7, 11) is -1.13. The van der Waals surface area contributed by atoms with Crippen molar-refractivity contribution in [2.24, 2.45) is 11.8 Å². The Kier molecular flexibility index (Phi) is 12.1. The van der Waals surface area contributed by atoms with E-state index in [0.29, 0.717) is 18.2 Å². The summed E-state index contributed by atoms with van der Waals surface area (Å²) in [5.41, 5.74) is 17.3. The second-order valence-corrected chi connectivity index (χ2v) is 21.1. The quantitative estimate of drug-likeness (QED) is 0.0981. The van der Waals surface area contributed by atoms with Gasteiger partial charge < -0.3 is 10.0 Å². The van der Waals surface area contributed by atoms with Crippen molar-refractivity contribution in [3.8, 4) is 33.6 Å². The van der Waals surface area contributed by atoms with Crippen molar-refractivity contribution >= 4 is 78.3 Å². The lowest BCUT2D eigenvalue weighted by atomic mass is 9.74. The number of nitrogens with zero attached hydrogens (tertiary/aromatic N) is 4. The van der Waals surface area contributed by atoms with Crippen LogP contribution >= 0.6 is 38.6 Å². The molecule has 6 nitrogen and oxygen atoms in total. The van der Waals surface area contributed by atoms with E-state index in [1.807, 2.05) is 13.8 Å². The van der Waals surface area contributed by atoms with Gasteiger partial charge >= 0.3 is 7.12 Å². The zero-order chi connectivity index (χ0) is 44.2. The summed E-state index contributed by atoms with van der Waals surface area (Å²) in [5, 5.41) is 23.2. The third-order valence-electron chi connectivity index (χ3n) is 12.2. The maximum atomic E-state index is 8.28. The van der Waals surface area contributed by atoms with E-state index < -0.39 is 7.12 Å². The number of hydrogen-bond acceptors (Lipinski definition) is 7. The van der Waals surface area contributed by atoms with Gasteiger partial charge in [0.15, 0.2) is 4.70 Å². The highest BCUT2D eigenvalue weighted by Gasteiger charge is 2.45. The fourth-order valence-electron chi connectivity index (χ4n) is 9.35. The summed E-state index contributed by atoms with van der Waals surface area (Å²) < 4.78 is 3.33. The van der Waals surface area contributed by atoms with Gasteiger partial charge in [0.05, 0.1) is 43.7 Å². The van der Waals surface area contributed by atoms with Crippen LogP contribution in [0, 0.1) is 24.7 Å². The van der Waals surface area contributed by atoms with Crippen LogP contribution in [0.15, 0.2) is 101 Å². The van der Waals surface area contributed by atoms with Gasteiger partial charge in [-0.05, 0) is 101 Å². The molecule has 3 aliphatic rings. The lowest BCUT2D eigenvalue weighted by molar-refractivity contribution is 0.394. The second-order valence-electron chi connectivity index (χ2n) is 18.5. The third kappa shape index (κ3) is 7.94. The van der Waals surface area contributed by atoms with Crippen LogP contribution in [0.4, 0.5) is 0 Å². The number of aromatic nitrogens is 4. The molecule has 10 heteroatoms. The average molecular weight is 921 g/mol. The van der Waals surface area contributed by atoms with E-state index in [2.05, 4.69) is 170 Å². The highest BCUT2D eigenvalue weighted by Crippen LogP contribution is 2.51. The second kappa shape index (κ2) is 17.1. The van der Waals surface area contributed by atoms with Crippen LogP contribution in [0.5, 0.6) is 0 Å². The van der Waals surface area contributed by atoms with E-state index >= 15 is 0 Å². The molecule has 62 heavy (non-hydrogen) atoms. The number of aryl methyl sites for hydroxylation is 1. The fraction of sp³-hybridized carbons (Fsp3) is 0.288. The van der Waals surface area contributed by atoms with Gasteiger partial charge in [0, 0.05) is 46.1 Å². The first-order chi connectivity index (χ1) is 29.5. The van der Waals surface area contributed by atoms with Crippen LogP contribution in [0.2, 0.25) is 6.32 Å². The molecule has 0 spiro atoms. The first-order valence-electron chi connectivity index (χ1n) is 21.3. The Balaban J connectivity index is 0.000000149. The number of allylic oxidation sites excluding steroid dienone is 4. The number of thiophene rings is 2. The van der Waals surface area contributed by atoms with Crippen molar-refractivity contribution < 1.29 is 10.0 Å². The topological polar surface area (TPSA) is 92.0 Å². The molecule has 0 radical (unpaired) electrons. The molecule has 0 fully saturated rings. The number of fused-ring (bicyclic) bond motifs is 7. The van der Waals surface area contributed by atoms with E-state index in [9.17, 15) is 0 Å². The van der Waals surface area contributed by atoms with Crippen molar-refractivity contribution in [3.05, 3.63) is 145 Å². The minimum atomic E-state index is -1.13. The monoisotopic (exact) mass is 919 g/mol. The maximum absolute atomic E-state index is 8.28. The predicted octanol–water partition coefficient (Wildman–Crippen LogP) is 12.0. The Morgan fingerprint density at radius 3 is 2.37 bits per heavy atom. The SMILES string of the molecule is C=c1cc(-c2ncnc3c(Br)c[s+][c-]23)cc2c1=C1C=CC=C[C+]1C2(C)C.CC(C)CB(O)O.Cc1cc(-c2ncnc3c(CC(C)C)csc23)cc2c1-c1ccccc1C2(C)C. The zero-order valence-electron chi connectivity index (χ0n) is 37.0. The minimum Gasteiger partial charge on any atom is -0.427 e. The molecule has 0 unspecified atom stereocenters. The highest BCUT2D eigenvalue weighted by atomic mass is 79.9. The van der Waals surface area contributed by atoms with E-state index in [1.165, 1.54) is 65.9 Å². The number of rotatable bonds is 6. The summed E-state index contributed by atoms with van der Waals surface area (Å²) in [6, 6.07) is 18.0. The summed E-state index contributed by atoms with van der Waals surface area (Å²) >= 11 is 7.03. The minimum absolute atomic E-state index is 0.00288. The molecule has 314 valence electrons. The summed E-state index contributed by atoms with van der Waals surface area (Å²) in [4.78, 5) is 18.4. The van der Waals surface area contributed by atoms with E-state index in [0.717, 1.165) is 48.8 Å². The Labute approximate surface area is 382 Å². The Bertz CT molecular complexity index is 3030. The molecule has 4 heterocycles. The van der Waals surface area contributed by atoms with Gasteiger partial charge in [0.2, 0.25) is 0 Å². The van der Waals surface area contributed by atoms with Crippen LogP contribution in [0.3, 0.4) is 0 Å². The van der Waals surface area contributed by atoms with Gasteiger partial charge in [-0.2, -0.15) is 0 Å². The van der Waals surface area contributed by atoms with Gasteiger partial charge in [-0.15, -0.1) is 27.3 Å². The summed E-state index contributed by atoms with van der Waals surface area (Å²) in [5.74, 6) is 2.36. The van der Waals surface area contributed by atoms with Crippen LogP contribution in [0.25, 0.3) is 66.2 Å². The first kappa shape index (κ1) is 43.9. The van der Waals surface area contributed by atoms with Crippen LogP contribution in [0.1, 0.15) is 83.2 Å². The van der Waals surface area contributed by atoms with Gasteiger partial charge in [-0.25, -0.2) is 9.97 Å². The molecule has 0 atom stereocenters. The standard InChI is InChI=1S/C26H26N2S.C22H16BrN2S.C4H11BO2/c1-15(2)10-18-13-29-25-23(27-14-28-24(18)25)17-11-16(3)22-19-8-6-7-9-20(19)26(4,5)21(22)12-17;1-12-8-13(19-21-20(25-11-24-19)17(23)10-26-21)9-16-18(12)14-6-4-5-7-15(14)22(16,2)3;1-4(2)3-5(6)7/h6-9,11-15H,10H2,1-5H3;4-11H,1H2,2-3H3;4,6-7H,3H2,1-2H3/q;+1;. The third-order valence-corrected chi connectivity index (χ3v) is 15.1. The van der Waals surface area contributed by atoms with Crippen molar-refractivity contribution in [2.45, 2.75) is 85.9 Å². The smallest absolute Gasteiger partial charge is 0.427 e. The van der Waals surface area contributed by atoms with Crippen LogP contribution < -0.4 is 10.4 Å². The lowest BCUT2D eigenvalue weighted by Gasteiger charge is -2.24. The predicted molar refractivity (Wildman–Crippen MR) is 267 cm³/mol. The molecule has 4 aromatic heterocycles. The molecule has 0 bridgehead atoms. The highest BCUT2D eigenvalue weighted by molar-refractivity contribution is 9.10. The molecule has 2 N–H and O–H groups in total. The number of halogens is 1. The largest absolute Gasteiger partial charge is 0.451 e. The Morgan fingerprint density at radius 1 is 0.903 bits per heavy atom. The molecule has 3 aromatic carbocycles. The summed E-state index contributed by atoms with van der Waals surface area (Å²) in [6.45, 7) is 24.3. The van der Waals surface area contributed by atoms with Crippen molar-refractivity contribution in [1.29, 1.82) is 0 Å². The first-order valence-corrected chi connectivity index (χ1v) is 23.8. The van der Waals surface area contributed by atoms with Gasteiger partial charge in [-0.1, -0.05) is 90.1 Å². The fourth-order valence-corrected chi connectivity index (χ4v) is 12.0. The summed E-state index contributed by atoms with van der Waals surface area (Å²) in [6.07, 6.45) is 13.6. The molecular formula is C52H53BBrN4O2S2+. The van der Waals surface area contributed by atoms with Crippen LogP contribution in [-0.4, -0.2) is 37.1 Å². The van der Waals surface area contributed by atoms with Gasteiger partial charge in [0.25, 0.3) is 0 Å². The number of benzene rings is 3. The molecule has 10 rings (SSSR count). The van der Waals surface area contributed by atoms with Crippen molar-refractivity contribution in [1.82, 2.24) is 19.9 Å². The Hall–Kier alpha value is -4.71. The number of hydrogen-bond donors (Lipinski definition) is 2. The molecule has 0 saturated heterocycles. The molecular weight excluding hydrogens is 867 g/mol. The molecule has 7 aromatic rings. The molecule has 3 aliphatic carbocycles. The van der Waals surface area contributed by atoms with Gasteiger partial charge in [0.1, 0.15) is 34.9 Å². The molecule has 0 aliphatic heterocycles. The van der Waals surface area contributed by atoms with Crippen molar-refractivity contribution in [2.75, 3.05) is 0 Å². The van der Waals surface area contributed by atoms with Crippen molar-refractivity contribution in [3.63, 3.8) is 0 Å². The Morgan fingerprint density at radius 2 is 1.65 bits per heavy atom. The molecule has 0 amide bonds. The zero-order valence-corrected chi connectivity index (χ0v) is 40.2. The normalized spacial score (nSPS) is 15.0.